The first kappa shape index (κ1) is 18.9. The van der Waals surface area contributed by atoms with E-state index in [1.807, 2.05) is 0 Å². The van der Waals surface area contributed by atoms with E-state index in [0.717, 1.165) is 0 Å². The molecule has 0 aliphatic rings. The maximum absolute atomic E-state index is 11.5. The molecule has 0 saturated heterocycles. The number of aromatic nitrogens is 3. The van der Waals surface area contributed by atoms with Gasteiger partial charge in [-0.3, -0.25) is 4.79 Å². The zero-order valence-corrected chi connectivity index (χ0v) is 15.0. The average molecular weight is 382 g/mol. The van der Waals surface area contributed by atoms with Gasteiger partial charge < -0.3 is 19.9 Å². The zero-order chi connectivity index (χ0) is 19.9. The lowest BCUT2D eigenvalue weighted by Gasteiger charge is -2.09. The summed E-state index contributed by atoms with van der Waals surface area (Å²) in [5, 5.41) is 10.1. The highest BCUT2D eigenvalue weighted by Crippen LogP contribution is 2.22. The van der Waals surface area contributed by atoms with Crippen molar-refractivity contribution in [3.63, 3.8) is 0 Å². The van der Waals surface area contributed by atoms with E-state index in [-0.39, 0.29) is 5.69 Å². The van der Waals surface area contributed by atoms with Crippen LogP contribution in [0.3, 0.4) is 0 Å². The number of carbonyl (C=O) groups excluding carboxylic acids is 2. The first-order valence-corrected chi connectivity index (χ1v) is 8.33. The van der Waals surface area contributed by atoms with Crippen LogP contribution in [0.1, 0.15) is 20.8 Å². The number of methoxy groups -OCH3 is 1. The fraction of sp³-hybridized carbons (Fsp3) is 0.158. The summed E-state index contributed by atoms with van der Waals surface area (Å²) in [5.74, 6) is 0.0949. The molecule has 0 fully saturated rings. The van der Waals surface area contributed by atoms with Gasteiger partial charge in [-0.15, -0.1) is 0 Å². The van der Waals surface area contributed by atoms with Crippen LogP contribution in [0.15, 0.2) is 48.5 Å². The number of nitrogens with one attached hydrogen (secondary N) is 1. The van der Waals surface area contributed by atoms with Gasteiger partial charge in [0.05, 0.1) is 12.7 Å². The number of rotatable bonds is 8. The van der Waals surface area contributed by atoms with Crippen LogP contribution in [0.5, 0.6) is 11.5 Å². The minimum atomic E-state index is -0.655. The Labute approximate surface area is 160 Å². The molecule has 9 heteroatoms. The Morgan fingerprint density at radius 2 is 1.71 bits per heavy atom. The fourth-order valence-electron chi connectivity index (χ4n) is 2.46. The predicted octanol–water partition coefficient (Wildman–Crippen LogP) is 1.81. The first-order valence-electron chi connectivity index (χ1n) is 8.33. The normalized spacial score (nSPS) is 10.3. The van der Waals surface area contributed by atoms with Gasteiger partial charge in [-0.1, -0.05) is 6.07 Å². The number of amides is 1. The molecule has 144 valence electrons. The standard InChI is InChI=1S/C19H18N4O5/c1-26-19(25)13-3-2-4-15(11-13)28-10-9-27-14-7-5-12(6-8-14)16-17(18(20)24)22-23-21-16/h2-8,11H,9-10H2,1H3,(H2,20,24)(H,21,22,23). The molecular weight excluding hydrogens is 364 g/mol. The Balaban J connectivity index is 1.52. The Morgan fingerprint density at radius 3 is 2.39 bits per heavy atom. The van der Waals surface area contributed by atoms with E-state index in [0.29, 0.717) is 41.5 Å². The quantitative estimate of drug-likeness (QED) is 0.449. The van der Waals surface area contributed by atoms with Crippen LogP contribution >= 0.6 is 0 Å². The molecule has 0 aliphatic carbocycles. The van der Waals surface area contributed by atoms with Crippen LogP contribution in [0, 0.1) is 0 Å². The van der Waals surface area contributed by atoms with Crippen LogP contribution in [0.25, 0.3) is 11.3 Å². The Bertz CT molecular complexity index is 968. The van der Waals surface area contributed by atoms with Gasteiger partial charge in [0.1, 0.15) is 30.4 Å². The van der Waals surface area contributed by atoms with Gasteiger partial charge in [-0.2, -0.15) is 15.4 Å². The van der Waals surface area contributed by atoms with Crippen molar-refractivity contribution < 1.29 is 23.8 Å². The third-order valence-corrected chi connectivity index (χ3v) is 3.78. The van der Waals surface area contributed by atoms with Crippen molar-refractivity contribution in [3.05, 3.63) is 59.8 Å². The minimum absolute atomic E-state index is 0.0799. The highest BCUT2D eigenvalue weighted by molar-refractivity contribution is 5.96. The van der Waals surface area contributed by atoms with Gasteiger partial charge in [-0.25, -0.2) is 4.79 Å². The van der Waals surface area contributed by atoms with E-state index < -0.39 is 11.9 Å². The molecule has 2 aromatic carbocycles. The number of benzene rings is 2. The number of ether oxygens (including phenoxy) is 3. The second-order valence-corrected chi connectivity index (χ2v) is 5.63. The first-order chi connectivity index (χ1) is 13.6. The monoisotopic (exact) mass is 382 g/mol. The van der Waals surface area contributed by atoms with Crippen molar-refractivity contribution in [1.82, 2.24) is 15.4 Å². The lowest BCUT2D eigenvalue weighted by molar-refractivity contribution is 0.0600. The van der Waals surface area contributed by atoms with Gasteiger partial charge in [0, 0.05) is 5.56 Å². The van der Waals surface area contributed by atoms with Gasteiger partial charge in [0.2, 0.25) is 0 Å². The Hall–Kier alpha value is -3.88. The third-order valence-electron chi connectivity index (χ3n) is 3.78. The highest BCUT2D eigenvalue weighted by Gasteiger charge is 2.15. The molecule has 3 rings (SSSR count). The molecule has 0 unspecified atom stereocenters. The van der Waals surface area contributed by atoms with Crippen molar-refractivity contribution in [2.75, 3.05) is 20.3 Å². The molecule has 9 nitrogen and oxygen atoms in total. The molecule has 0 aliphatic heterocycles. The van der Waals surface area contributed by atoms with Gasteiger partial charge >= 0.3 is 5.97 Å². The van der Waals surface area contributed by atoms with Crippen LogP contribution in [0.4, 0.5) is 0 Å². The Morgan fingerprint density at radius 1 is 1.00 bits per heavy atom. The fourth-order valence-corrected chi connectivity index (χ4v) is 2.46. The SMILES string of the molecule is COC(=O)c1cccc(OCCOc2ccc(-c3n[nH]nc3C(N)=O)cc2)c1. The lowest BCUT2D eigenvalue weighted by atomic mass is 10.1. The minimum Gasteiger partial charge on any atom is -0.490 e. The van der Waals surface area contributed by atoms with Gasteiger partial charge in [-0.05, 0) is 42.5 Å². The summed E-state index contributed by atoms with van der Waals surface area (Å²) in [6, 6.07) is 13.7. The third kappa shape index (κ3) is 4.44. The number of esters is 1. The molecule has 0 bridgehead atoms. The number of primary amides is 1. The molecule has 3 N–H and O–H groups in total. The molecule has 0 spiro atoms. The molecule has 0 saturated carbocycles. The molecular formula is C19H18N4O5. The maximum Gasteiger partial charge on any atom is 0.337 e. The van der Waals surface area contributed by atoms with Crippen LogP contribution in [-0.4, -0.2) is 47.6 Å². The molecule has 1 aromatic heterocycles. The van der Waals surface area contributed by atoms with Crippen LogP contribution in [-0.2, 0) is 4.74 Å². The number of hydrogen-bond donors (Lipinski definition) is 2. The molecule has 1 amide bonds. The summed E-state index contributed by atoms with van der Waals surface area (Å²) in [4.78, 5) is 22.8. The summed E-state index contributed by atoms with van der Waals surface area (Å²) in [6.45, 7) is 0.597. The van der Waals surface area contributed by atoms with Gasteiger partial charge in [0.25, 0.3) is 5.91 Å². The summed E-state index contributed by atoms with van der Waals surface area (Å²) in [7, 11) is 1.33. The van der Waals surface area contributed by atoms with Crippen LogP contribution in [0.2, 0.25) is 0 Å². The van der Waals surface area contributed by atoms with Crippen LogP contribution < -0.4 is 15.2 Å². The van der Waals surface area contributed by atoms with Crippen molar-refractivity contribution in [2.45, 2.75) is 0 Å². The number of hydrogen-bond acceptors (Lipinski definition) is 7. The lowest BCUT2D eigenvalue weighted by Crippen LogP contribution is -2.12. The Kier molecular flexibility index (Phi) is 5.85. The van der Waals surface area contributed by atoms with E-state index in [2.05, 4.69) is 20.1 Å². The van der Waals surface area contributed by atoms with Crippen molar-refractivity contribution in [1.29, 1.82) is 0 Å². The number of nitrogens with zero attached hydrogens (tertiary/aromatic N) is 2. The second-order valence-electron chi connectivity index (χ2n) is 5.63. The maximum atomic E-state index is 11.5. The van der Waals surface area contributed by atoms with Crippen molar-refractivity contribution in [2.24, 2.45) is 5.73 Å². The zero-order valence-electron chi connectivity index (χ0n) is 15.0. The topological polar surface area (TPSA) is 129 Å². The van der Waals surface area contributed by atoms with E-state index in [1.165, 1.54) is 7.11 Å². The summed E-state index contributed by atoms with van der Waals surface area (Å²) >= 11 is 0. The number of H-pyrrole nitrogens is 1. The number of aromatic amines is 1. The van der Waals surface area contributed by atoms with Crippen molar-refractivity contribution >= 4 is 11.9 Å². The summed E-state index contributed by atoms with van der Waals surface area (Å²) < 4.78 is 15.9. The molecule has 1 heterocycles. The van der Waals surface area contributed by atoms with E-state index in [4.69, 9.17) is 15.2 Å². The predicted molar refractivity (Wildman–Crippen MR) is 99.1 cm³/mol. The average Bonchev–Trinajstić information content (AvgIpc) is 3.21. The van der Waals surface area contributed by atoms with E-state index in [9.17, 15) is 9.59 Å². The largest absolute Gasteiger partial charge is 0.490 e. The molecule has 0 atom stereocenters. The van der Waals surface area contributed by atoms with Crippen molar-refractivity contribution in [3.8, 4) is 22.8 Å². The molecule has 0 radical (unpaired) electrons. The second kappa shape index (κ2) is 8.67. The summed E-state index contributed by atoms with van der Waals surface area (Å²) in [5.41, 5.74) is 6.83. The number of nitrogens with two attached hydrogens (primary N) is 1. The van der Waals surface area contributed by atoms with E-state index >= 15 is 0 Å². The van der Waals surface area contributed by atoms with E-state index in [1.54, 1.807) is 48.5 Å². The number of carbonyl (C=O) groups is 2. The smallest absolute Gasteiger partial charge is 0.337 e. The highest BCUT2D eigenvalue weighted by atomic mass is 16.5. The molecule has 3 aromatic rings. The molecule has 28 heavy (non-hydrogen) atoms. The van der Waals surface area contributed by atoms with Gasteiger partial charge in [0.15, 0.2) is 5.69 Å². The summed E-state index contributed by atoms with van der Waals surface area (Å²) in [6.07, 6.45) is 0.